The molecule has 0 amide bonds. The fourth-order valence-electron chi connectivity index (χ4n) is 5.20. The van der Waals surface area contributed by atoms with Crippen molar-refractivity contribution in [3.8, 4) is 6.07 Å². The summed E-state index contributed by atoms with van der Waals surface area (Å²) < 4.78 is 18.8. The summed E-state index contributed by atoms with van der Waals surface area (Å²) in [6, 6.07) is 10.6. The molecular formula is C27H36FNO2. The molecule has 0 bridgehead atoms. The van der Waals surface area contributed by atoms with Gasteiger partial charge in [-0.25, -0.2) is 0 Å². The lowest BCUT2D eigenvalue weighted by molar-refractivity contribution is -0.157. The van der Waals surface area contributed by atoms with Crippen LogP contribution in [0.3, 0.4) is 0 Å². The first-order valence-electron chi connectivity index (χ1n) is 12.1. The van der Waals surface area contributed by atoms with Gasteiger partial charge in [-0.3, -0.25) is 4.79 Å². The Morgan fingerprint density at radius 2 is 1.77 bits per heavy atom. The molecular weight excluding hydrogens is 389 g/mol. The van der Waals surface area contributed by atoms with Gasteiger partial charge in [0.15, 0.2) is 5.83 Å². The number of nitriles is 1. The molecule has 0 aromatic heterocycles. The van der Waals surface area contributed by atoms with E-state index in [0.717, 1.165) is 64.2 Å². The Morgan fingerprint density at radius 1 is 1.10 bits per heavy atom. The minimum Gasteiger partial charge on any atom is -0.462 e. The molecule has 0 heterocycles. The van der Waals surface area contributed by atoms with Crippen LogP contribution in [0.15, 0.2) is 36.2 Å². The van der Waals surface area contributed by atoms with Gasteiger partial charge in [-0.15, -0.1) is 0 Å². The van der Waals surface area contributed by atoms with Gasteiger partial charge in [-0.2, -0.15) is 9.65 Å². The summed E-state index contributed by atoms with van der Waals surface area (Å²) in [4.78, 5) is 12.6. The van der Waals surface area contributed by atoms with Crippen molar-refractivity contribution in [3.63, 3.8) is 0 Å². The monoisotopic (exact) mass is 425 g/mol. The maximum atomic E-state index is 12.9. The molecule has 1 aromatic carbocycles. The zero-order valence-corrected chi connectivity index (χ0v) is 18.8. The van der Waals surface area contributed by atoms with Crippen molar-refractivity contribution in [2.75, 3.05) is 0 Å². The maximum absolute atomic E-state index is 12.9. The number of carbonyl (C=O) groups excluding carboxylic acids is 1. The van der Waals surface area contributed by atoms with Crippen molar-refractivity contribution >= 4 is 5.97 Å². The van der Waals surface area contributed by atoms with Gasteiger partial charge in [0.1, 0.15) is 12.2 Å². The number of carbonyl (C=O) groups is 1. The molecule has 2 aliphatic rings. The van der Waals surface area contributed by atoms with Gasteiger partial charge in [0.05, 0.1) is 5.92 Å². The molecule has 0 spiro atoms. The Labute approximate surface area is 186 Å². The Kier molecular flexibility index (Phi) is 9.13. The van der Waals surface area contributed by atoms with Crippen LogP contribution >= 0.6 is 0 Å². The van der Waals surface area contributed by atoms with Crippen LogP contribution in [0.2, 0.25) is 0 Å². The van der Waals surface area contributed by atoms with Gasteiger partial charge >= 0.3 is 5.97 Å². The molecule has 2 fully saturated rings. The Bertz CT molecular complexity index is 763. The number of aryl methyl sites for hydroxylation is 1. The van der Waals surface area contributed by atoms with E-state index in [9.17, 15) is 9.18 Å². The normalized spacial score (nSPS) is 26.8. The van der Waals surface area contributed by atoms with Crippen molar-refractivity contribution in [2.24, 2.45) is 11.8 Å². The number of allylic oxidation sites excluding steroid dienone is 2. The molecule has 0 aliphatic heterocycles. The largest absolute Gasteiger partial charge is 0.462 e. The lowest BCUT2D eigenvalue weighted by Gasteiger charge is -2.31. The number of hydrogen-bond acceptors (Lipinski definition) is 3. The average Bonchev–Trinajstić information content (AvgIpc) is 2.80. The van der Waals surface area contributed by atoms with E-state index in [2.05, 4.69) is 31.2 Å². The second-order valence-corrected chi connectivity index (χ2v) is 9.36. The van der Waals surface area contributed by atoms with Crippen molar-refractivity contribution in [2.45, 2.75) is 96.0 Å². The summed E-state index contributed by atoms with van der Waals surface area (Å²) >= 11 is 0. The van der Waals surface area contributed by atoms with E-state index in [4.69, 9.17) is 10.00 Å². The standard InChI is InChI=1S/C27H36FNO2/c1-2-4-20-7-11-22(12-8-20)23-15-17-26(18-16-23)31-27(30)24-13-9-21(10-14-24)5-3-6-25(28)19-29/h6-8,11-12,21,23-24,26H,2-5,9-10,13-18H2,1H3/b25-6+. The van der Waals surface area contributed by atoms with E-state index >= 15 is 0 Å². The average molecular weight is 426 g/mol. The smallest absolute Gasteiger partial charge is 0.309 e. The summed E-state index contributed by atoms with van der Waals surface area (Å²) in [6.07, 6.45) is 13.1. The third-order valence-corrected chi connectivity index (χ3v) is 7.13. The molecule has 168 valence electrons. The molecule has 3 rings (SSSR count). The van der Waals surface area contributed by atoms with E-state index < -0.39 is 5.83 Å². The van der Waals surface area contributed by atoms with Crippen LogP contribution in [-0.2, 0) is 16.0 Å². The number of nitrogens with zero attached hydrogens (tertiary/aromatic N) is 1. The summed E-state index contributed by atoms with van der Waals surface area (Å²) in [5.74, 6) is 0.417. The zero-order valence-electron chi connectivity index (χ0n) is 18.8. The summed E-state index contributed by atoms with van der Waals surface area (Å²) in [5, 5.41) is 8.46. The Morgan fingerprint density at radius 3 is 2.39 bits per heavy atom. The molecule has 4 heteroatoms. The highest BCUT2D eigenvalue weighted by molar-refractivity contribution is 5.72. The SMILES string of the molecule is CCCc1ccc(C2CCC(OC(=O)C3CCC(CC/C=C(/F)C#N)CC3)CC2)cc1. The first kappa shape index (κ1) is 23.5. The van der Waals surface area contributed by atoms with Gasteiger partial charge in [-0.1, -0.05) is 37.6 Å². The quantitative estimate of drug-likeness (QED) is 0.328. The third-order valence-electron chi connectivity index (χ3n) is 7.13. The lowest BCUT2D eigenvalue weighted by Crippen LogP contribution is -2.29. The summed E-state index contributed by atoms with van der Waals surface area (Å²) in [7, 11) is 0. The fourth-order valence-corrected chi connectivity index (χ4v) is 5.20. The molecule has 31 heavy (non-hydrogen) atoms. The second-order valence-electron chi connectivity index (χ2n) is 9.36. The van der Waals surface area contributed by atoms with Crippen LogP contribution < -0.4 is 0 Å². The topological polar surface area (TPSA) is 50.1 Å². The molecule has 3 nitrogen and oxygen atoms in total. The minimum atomic E-state index is -0.694. The first-order valence-corrected chi connectivity index (χ1v) is 12.1. The van der Waals surface area contributed by atoms with E-state index in [1.807, 2.05) is 0 Å². The molecule has 0 radical (unpaired) electrons. The van der Waals surface area contributed by atoms with Gasteiger partial charge in [-0.05, 0) is 99.7 Å². The van der Waals surface area contributed by atoms with Crippen molar-refractivity contribution in [3.05, 3.63) is 47.3 Å². The van der Waals surface area contributed by atoms with Gasteiger partial charge in [0.25, 0.3) is 0 Å². The Hall–Kier alpha value is -2.15. The predicted octanol–water partition coefficient (Wildman–Crippen LogP) is 7.17. The molecule has 2 saturated carbocycles. The van der Waals surface area contributed by atoms with Crippen LogP contribution in [-0.4, -0.2) is 12.1 Å². The second kappa shape index (κ2) is 12.0. The molecule has 0 atom stereocenters. The van der Waals surface area contributed by atoms with Crippen LogP contribution in [0.5, 0.6) is 0 Å². The molecule has 1 aromatic rings. The molecule has 0 N–H and O–H groups in total. The highest BCUT2D eigenvalue weighted by Gasteiger charge is 2.30. The van der Waals surface area contributed by atoms with Gasteiger partial charge in [0, 0.05) is 0 Å². The minimum absolute atomic E-state index is 0.0127. The van der Waals surface area contributed by atoms with Crippen molar-refractivity contribution in [1.82, 2.24) is 0 Å². The third kappa shape index (κ3) is 7.20. The summed E-state index contributed by atoms with van der Waals surface area (Å²) in [5.41, 5.74) is 2.84. The molecule has 0 unspecified atom stereocenters. The lowest BCUT2D eigenvalue weighted by atomic mass is 9.79. The van der Waals surface area contributed by atoms with Crippen LogP contribution in [0.4, 0.5) is 4.39 Å². The first-order chi connectivity index (χ1) is 15.1. The van der Waals surface area contributed by atoms with Gasteiger partial charge in [0.2, 0.25) is 0 Å². The summed E-state index contributed by atoms with van der Waals surface area (Å²) in [6.45, 7) is 2.21. The van der Waals surface area contributed by atoms with E-state index in [1.54, 1.807) is 0 Å². The van der Waals surface area contributed by atoms with E-state index in [-0.39, 0.29) is 18.0 Å². The molecule has 2 aliphatic carbocycles. The number of rotatable bonds is 8. The van der Waals surface area contributed by atoms with Crippen LogP contribution in [0.25, 0.3) is 0 Å². The van der Waals surface area contributed by atoms with Gasteiger partial charge < -0.3 is 4.74 Å². The van der Waals surface area contributed by atoms with Crippen LogP contribution in [0.1, 0.15) is 94.6 Å². The maximum Gasteiger partial charge on any atom is 0.309 e. The number of hydrogen-bond donors (Lipinski definition) is 0. The number of esters is 1. The highest BCUT2D eigenvalue weighted by atomic mass is 19.1. The number of benzene rings is 1. The Balaban J connectivity index is 1.36. The van der Waals surface area contributed by atoms with Crippen molar-refractivity contribution in [1.29, 1.82) is 5.26 Å². The molecule has 0 saturated heterocycles. The number of ether oxygens (including phenoxy) is 1. The van der Waals surface area contributed by atoms with Crippen molar-refractivity contribution < 1.29 is 13.9 Å². The highest BCUT2D eigenvalue weighted by Crippen LogP contribution is 2.36. The van der Waals surface area contributed by atoms with E-state index in [1.165, 1.54) is 29.7 Å². The van der Waals surface area contributed by atoms with Crippen LogP contribution in [0, 0.1) is 23.2 Å². The predicted molar refractivity (Wildman–Crippen MR) is 121 cm³/mol. The fraction of sp³-hybridized carbons (Fsp3) is 0.630. The number of halogens is 1. The van der Waals surface area contributed by atoms with E-state index in [0.29, 0.717) is 18.3 Å². The zero-order chi connectivity index (χ0) is 22.1.